The first-order valence-electron chi connectivity index (χ1n) is 6.15. The van der Waals surface area contributed by atoms with Gasteiger partial charge in [-0.15, -0.1) is 0 Å². The number of hydrogen-bond acceptors (Lipinski definition) is 4. The largest absolute Gasteiger partial charge is 0.508 e. The molecule has 0 fully saturated rings. The fourth-order valence-electron chi connectivity index (χ4n) is 1.88. The Morgan fingerprint density at radius 1 is 1.16 bits per heavy atom. The molecule has 0 saturated heterocycles. The van der Waals surface area contributed by atoms with Gasteiger partial charge in [0, 0.05) is 6.54 Å². The van der Waals surface area contributed by atoms with Crippen LogP contribution in [0.5, 0.6) is 11.5 Å². The molecule has 0 amide bonds. The highest BCUT2D eigenvalue weighted by molar-refractivity contribution is 5.72. The van der Waals surface area contributed by atoms with E-state index in [1.54, 1.807) is 19.2 Å². The molecular formula is C15H18N2O2. The van der Waals surface area contributed by atoms with Crippen molar-refractivity contribution in [3.63, 3.8) is 0 Å². The Hall–Kier alpha value is -2.36. The van der Waals surface area contributed by atoms with Crippen LogP contribution in [0, 0.1) is 0 Å². The Morgan fingerprint density at radius 2 is 1.89 bits per heavy atom. The quantitative estimate of drug-likeness (QED) is 0.721. The molecule has 4 nitrogen and oxygen atoms in total. The molecule has 0 heterocycles. The topological polar surface area (TPSA) is 67.5 Å². The molecule has 0 radical (unpaired) electrons. The van der Waals surface area contributed by atoms with Crippen molar-refractivity contribution < 1.29 is 9.84 Å². The lowest BCUT2D eigenvalue weighted by Gasteiger charge is -2.12. The van der Waals surface area contributed by atoms with Gasteiger partial charge in [0.25, 0.3) is 0 Å². The van der Waals surface area contributed by atoms with Crippen molar-refractivity contribution in [2.45, 2.75) is 6.42 Å². The molecule has 19 heavy (non-hydrogen) atoms. The SMILES string of the molecule is COc1cccc(NCCc2ccc(O)cc2)c1N. The van der Waals surface area contributed by atoms with E-state index < -0.39 is 0 Å². The normalized spacial score (nSPS) is 10.2. The summed E-state index contributed by atoms with van der Waals surface area (Å²) >= 11 is 0. The van der Waals surface area contributed by atoms with E-state index in [1.807, 2.05) is 30.3 Å². The van der Waals surface area contributed by atoms with Gasteiger partial charge in [-0.2, -0.15) is 0 Å². The molecule has 0 spiro atoms. The van der Waals surface area contributed by atoms with E-state index in [-0.39, 0.29) is 5.75 Å². The zero-order chi connectivity index (χ0) is 13.7. The van der Waals surface area contributed by atoms with Crippen LogP contribution in [-0.2, 0) is 6.42 Å². The lowest BCUT2D eigenvalue weighted by Crippen LogP contribution is -2.07. The minimum atomic E-state index is 0.286. The lowest BCUT2D eigenvalue weighted by molar-refractivity contribution is 0.417. The Kier molecular flexibility index (Phi) is 4.13. The summed E-state index contributed by atoms with van der Waals surface area (Å²) in [5.74, 6) is 0.961. The number of phenols is 1. The molecule has 0 bridgehead atoms. The molecule has 4 heteroatoms. The monoisotopic (exact) mass is 258 g/mol. The number of benzene rings is 2. The molecule has 0 atom stereocenters. The first-order valence-corrected chi connectivity index (χ1v) is 6.15. The third-order valence-corrected chi connectivity index (χ3v) is 2.95. The summed E-state index contributed by atoms with van der Waals surface area (Å²) in [5, 5.41) is 12.5. The number of para-hydroxylation sites is 1. The number of rotatable bonds is 5. The second-order valence-corrected chi connectivity index (χ2v) is 4.26. The van der Waals surface area contributed by atoms with Gasteiger partial charge in [0.15, 0.2) is 0 Å². The van der Waals surface area contributed by atoms with Crippen molar-refractivity contribution in [2.24, 2.45) is 0 Å². The Bertz CT molecular complexity index is 538. The summed E-state index contributed by atoms with van der Waals surface area (Å²) in [4.78, 5) is 0. The van der Waals surface area contributed by atoms with E-state index in [0.717, 1.165) is 24.2 Å². The van der Waals surface area contributed by atoms with Crippen LogP contribution in [0.4, 0.5) is 11.4 Å². The van der Waals surface area contributed by atoms with E-state index in [9.17, 15) is 5.11 Å². The zero-order valence-electron chi connectivity index (χ0n) is 10.9. The minimum Gasteiger partial charge on any atom is -0.508 e. The second kappa shape index (κ2) is 6.00. The van der Waals surface area contributed by atoms with Crippen molar-refractivity contribution in [2.75, 3.05) is 24.7 Å². The van der Waals surface area contributed by atoms with Gasteiger partial charge in [-0.25, -0.2) is 0 Å². The highest BCUT2D eigenvalue weighted by atomic mass is 16.5. The van der Waals surface area contributed by atoms with Crippen LogP contribution in [-0.4, -0.2) is 18.8 Å². The average Bonchev–Trinajstić information content (AvgIpc) is 2.43. The van der Waals surface area contributed by atoms with Gasteiger partial charge >= 0.3 is 0 Å². The number of nitrogen functional groups attached to an aromatic ring is 1. The summed E-state index contributed by atoms with van der Waals surface area (Å²) in [6, 6.07) is 12.9. The van der Waals surface area contributed by atoms with Gasteiger partial charge in [-0.3, -0.25) is 0 Å². The summed E-state index contributed by atoms with van der Waals surface area (Å²) in [7, 11) is 1.60. The van der Waals surface area contributed by atoms with E-state index in [2.05, 4.69) is 5.32 Å². The van der Waals surface area contributed by atoms with Gasteiger partial charge in [-0.05, 0) is 36.2 Å². The Balaban J connectivity index is 1.94. The van der Waals surface area contributed by atoms with Crippen LogP contribution >= 0.6 is 0 Å². The first kappa shape index (κ1) is 13.1. The van der Waals surface area contributed by atoms with Gasteiger partial charge in [0.05, 0.1) is 18.5 Å². The van der Waals surface area contributed by atoms with Crippen LogP contribution in [0.1, 0.15) is 5.56 Å². The number of ether oxygens (including phenoxy) is 1. The molecule has 0 saturated carbocycles. The molecule has 2 aromatic carbocycles. The van der Waals surface area contributed by atoms with Crippen molar-refractivity contribution in [3.8, 4) is 11.5 Å². The molecule has 100 valence electrons. The summed E-state index contributed by atoms with van der Waals surface area (Å²) in [5.41, 5.74) is 8.63. The van der Waals surface area contributed by atoms with Gasteiger partial charge < -0.3 is 20.9 Å². The number of hydrogen-bond donors (Lipinski definition) is 3. The van der Waals surface area contributed by atoms with Gasteiger partial charge in [0.2, 0.25) is 0 Å². The summed E-state index contributed by atoms with van der Waals surface area (Å²) in [6.45, 7) is 0.766. The molecular weight excluding hydrogens is 240 g/mol. The number of aromatic hydroxyl groups is 1. The van der Waals surface area contributed by atoms with Crippen molar-refractivity contribution in [1.29, 1.82) is 0 Å². The number of nitrogens with one attached hydrogen (secondary N) is 1. The van der Waals surface area contributed by atoms with E-state index in [1.165, 1.54) is 0 Å². The predicted molar refractivity (Wildman–Crippen MR) is 77.7 cm³/mol. The Morgan fingerprint density at radius 3 is 2.58 bits per heavy atom. The highest BCUT2D eigenvalue weighted by Gasteiger charge is 2.04. The molecule has 4 N–H and O–H groups in total. The number of methoxy groups -OCH3 is 1. The van der Waals surface area contributed by atoms with Crippen LogP contribution < -0.4 is 15.8 Å². The first-order chi connectivity index (χ1) is 9.20. The van der Waals surface area contributed by atoms with Crippen LogP contribution in [0.15, 0.2) is 42.5 Å². The molecule has 0 unspecified atom stereocenters. The molecule has 2 aromatic rings. The van der Waals surface area contributed by atoms with Crippen molar-refractivity contribution in [1.82, 2.24) is 0 Å². The molecule has 0 aliphatic heterocycles. The van der Waals surface area contributed by atoms with Crippen LogP contribution in [0.25, 0.3) is 0 Å². The standard InChI is InChI=1S/C15H18N2O2/c1-19-14-4-2-3-13(15(14)16)17-10-9-11-5-7-12(18)8-6-11/h2-8,17-18H,9-10,16H2,1H3. The third kappa shape index (κ3) is 3.31. The predicted octanol–water partition coefficient (Wildman–Crippen LogP) is 2.64. The Labute approximate surface area is 112 Å². The van der Waals surface area contributed by atoms with E-state index >= 15 is 0 Å². The molecule has 2 rings (SSSR count). The van der Waals surface area contributed by atoms with Gasteiger partial charge in [0.1, 0.15) is 11.5 Å². The van der Waals surface area contributed by atoms with E-state index in [4.69, 9.17) is 10.5 Å². The summed E-state index contributed by atoms with van der Waals surface area (Å²) in [6.07, 6.45) is 0.858. The van der Waals surface area contributed by atoms with Crippen molar-refractivity contribution >= 4 is 11.4 Å². The third-order valence-electron chi connectivity index (χ3n) is 2.95. The maximum absolute atomic E-state index is 9.21. The average molecular weight is 258 g/mol. The highest BCUT2D eigenvalue weighted by Crippen LogP contribution is 2.28. The van der Waals surface area contributed by atoms with Crippen LogP contribution in [0.3, 0.4) is 0 Å². The minimum absolute atomic E-state index is 0.286. The molecule has 0 aliphatic rings. The summed E-state index contributed by atoms with van der Waals surface area (Å²) < 4.78 is 5.17. The smallest absolute Gasteiger partial charge is 0.143 e. The van der Waals surface area contributed by atoms with E-state index in [0.29, 0.717) is 11.4 Å². The maximum Gasteiger partial charge on any atom is 0.143 e. The number of phenolic OH excluding ortho intramolecular Hbond substituents is 1. The zero-order valence-corrected chi connectivity index (χ0v) is 10.9. The number of nitrogens with two attached hydrogens (primary N) is 1. The molecule has 0 aromatic heterocycles. The number of anilines is 2. The van der Waals surface area contributed by atoms with Gasteiger partial charge in [-0.1, -0.05) is 18.2 Å². The maximum atomic E-state index is 9.21. The molecule has 0 aliphatic carbocycles. The second-order valence-electron chi connectivity index (χ2n) is 4.26. The van der Waals surface area contributed by atoms with Crippen LogP contribution in [0.2, 0.25) is 0 Å². The fourth-order valence-corrected chi connectivity index (χ4v) is 1.88. The fraction of sp³-hybridized carbons (Fsp3) is 0.200. The van der Waals surface area contributed by atoms with Crippen molar-refractivity contribution in [3.05, 3.63) is 48.0 Å². The lowest BCUT2D eigenvalue weighted by atomic mass is 10.1.